The topological polar surface area (TPSA) is 43.6 Å². The van der Waals surface area contributed by atoms with E-state index in [1.807, 2.05) is 79.1 Å². The first kappa shape index (κ1) is 16.0. The van der Waals surface area contributed by atoms with E-state index >= 15 is 0 Å². The molecule has 0 bridgehead atoms. The van der Waals surface area contributed by atoms with Crippen LogP contribution in [-0.2, 0) is 0 Å². The van der Waals surface area contributed by atoms with Gasteiger partial charge < -0.3 is 0 Å². The summed E-state index contributed by atoms with van der Waals surface area (Å²) in [5.74, 6) is 0. The van der Waals surface area contributed by atoms with Gasteiger partial charge >= 0.3 is 157 Å². The van der Waals surface area contributed by atoms with E-state index in [-0.39, 0.29) is 15.0 Å². The standard InChI is InChI=1S/C19H13ClN4Se/c20-15-8-10-16(11-9-15)25-19-18(7-4-12-21-19)24-13-17(22-23-24)14-5-2-1-3-6-14/h1-13H. The molecular weight excluding hydrogens is 399 g/mol. The van der Waals surface area contributed by atoms with Gasteiger partial charge in [0.2, 0.25) is 0 Å². The second-order valence-electron chi connectivity index (χ2n) is 5.30. The van der Waals surface area contributed by atoms with Crippen LogP contribution in [0.1, 0.15) is 0 Å². The average molecular weight is 412 g/mol. The third-order valence-corrected chi connectivity index (χ3v) is 5.97. The number of pyridine rings is 1. The Morgan fingerprint density at radius 2 is 1.68 bits per heavy atom. The van der Waals surface area contributed by atoms with Gasteiger partial charge in [-0.25, -0.2) is 0 Å². The molecule has 0 amide bonds. The number of halogens is 1. The Hall–Kier alpha value is -2.46. The quantitative estimate of drug-likeness (QED) is 0.485. The number of hydrogen-bond donors (Lipinski definition) is 0. The van der Waals surface area contributed by atoms with Crippen molar-refractivity contribution in [3.8, 4) is 16.9 Å². The van der Waals surface area contributed by atoms with Crippen molar-refractivity contribution >= 4 is 35.6 Å². The zero-order chi connectivity index (χ0) is 17.1. The van der Waals surface area contributed by atoms with E-state index in [4.69, 9.17) is 11.6 Å². The molecule has 0 fully saturated rings. The van der Waals surface area contributed by atoms with Gasteiger partial charge in [0.05, 0.1) is 0 Å². The second-order valence-corrected chi connectivity index (χ2v) is 7.96. The fourth-order valence-corrected chi connectivity index (χ4v) is 4.33. The minimum atomic E-state index is 0.0556. The van der Waals surface area contributed by atoms with Gasteiger partial charge in [-0.3, -0.25) is 0 Å². The van der Waals surface area contributed by atoms with Crippen LogP contribution in [0.25, 0.3) is 16.9 Å². The van der Waals surface area contributed by atoms with E-state index in [0.29, 0.717) is 0 Å². The zero-order valence-electron chi connectivity index (χ0n) is 13.1. The fourth-order valence-electron chi connectivity index (χ4n) is 2.37. The number of aromatic nitrogens is 4. The van der Waals surface area contributed by atoms with Crippen molar-refractivity contribution in [2.75, 3.05) is 0 Å². The summed E-state index contributed by atoms with van der Waals surface area (Å²) in [7, 11) is 0. The molecule has 4 aromatic rings. The number of nitrogens with zero attached hydrogens (tertiary/aromatic N) is 4. The Morgan fingerprint density at radius 3 is 2.48 bits per heavy atom. The third kappa shape index (κ3) is 3.64. The number of rotatable bonds is 4. The van der Waals surface area contributed by atoms with Crippen molar-refractivity contribution in [1.82, 2.24) is 20.0 Å². The van der Waals surface area contributed by atoms with Gasteiger partial charge in [-0.1, -0.05) is 0 Å². The Labute approximate surface area is 156 Å². The third-order valence-electron chi connectivity index (χ3n) is 3.59. The van der Waals surface area contributed by atoms with E-state index in [0.717, 1.165) is 26.6 Å². The van der Waals surface area contributed by atoms with Crippen LogP contribution in [0.15, 0.2) is 79.1 Å². The van der Waals surface area contributed by atoms with Gasteiger partial charge in [-0.2, -0.15) is 0 Å². The molecule has 0 radical (unpaired) electrons. The Bertz CT molecular complexity index is 984. The molecule has 122 valence electrons. The molecule has 0 unspecified atom stereocenters. The van der Waals surface area contributed by atoms with E-state index in [2.05, 4.69) is 15.3 Å². The molecule has 2 aromatic heterocycles. The van der Waals surface area contributed by atoms with Crippen LogP contribution in [0.5, 0.6) is 0 Å². The van der Waals surface area contributed by atoms with Crippen LogP contribution in [0.4, 0.5) is 0 Å². The predicted octanol–water partition coefficient (Wildman–Crippen LogP) is 2.64. The summed E-state index contributed by atoms with van der Waals surface area (Å²) in [5, 5.41) is 9.33. The maximum absolute atomic E-state index is 5.97. The SMILES string of the molecule is Clc1ccc([Se]c2ncccc2-n2cc(-c3ccccc3)nn2)cc1. The van der Waals surface area contributed by atoms with Crippen LogP contribution in [0.3, 0.4) is 0 Å². The molecule has 6 heteroatoms. The molecule has 0 atom stereocenters. The minimum absolute atomic E-state index is 0.0556. The molecular formula is C19H13ClN4Se. The first-order valence-corrected chi connectivity index (χ1v) is 9.75. The molecule has 0 saturated heterocycles. The molecule has 4 rings (SSSR count). The summed E-state index contributed by atoms with van der Waals surface area (Å²) in [6.07, 6.45) is 3.75. The van der Waals surface area contributed by atoms with Crippen LogP contribution in [0, 0.1) is 0 Å². The Kier molecular flexibility index (Phi) is 4.61. The Morgan fingerprint density at radius 1 is 0.880 bits per heavy atom. The van der Waals surface area contributed by atoms with Crippen molar-refractivity contribution in [2.24, 2.45) is 0 Å². The average Bonchev–Trinajstić information content (AvgIpc) is 3.15. The first-order valence-electron chi connectivity index (χ1n) is 7.66. The van der Waals surface area contributed by atoms with Gasteiger partial charge in [0.15, 0.2) is 0 Å². The van der Waals surface area contributed by atoms with E-state index in [1.165, 1.54) is 4.46 Å². The summed E-state index contributed by atoms with van der Waals surface area (Å²) in [6, 6.07) is 21.8. The molecule has 0 N–H and O–H groups in total. The second kappa shape index (κ2) is 7.19. The van der Waals surface area contributed by atoms with Crippen molar-refractivity contribution in [3.63, 3.8) is 0 Å². The summed E-state index contributed by atoms with van der Waals surface area (Å²) >= 11 is 6.03. The monoisotopic (exact) mass is 412 g/mol. The fraction of sp³-hybridized carbons (Fsp3) is 0. The summed E-state index contributed by atoms with van der Waals surface area (Å²) in [6.45, 7) is 0. The van der Waals surface area contributed by atoms with Crippen LogP contribution < -0.4 is 9.05 Å². The van der Waals surface area contributed by atoms with Crippen molar-refractivity contribution in [1.29, 1.82) is 0 Å². The summed E-state index contributed by atoms with van der Waals surface area (Å²) in [4.78, 5) is 4.56. The van der Waals surface area contributed by atoms with Crippen molar-refractivity contribution < 1.29 is 0 Å². The maximum atomic E-state index is 5.97. The van der Waals surface area contributed by atoms with E-state index in [1.54, 1.807) is 4.68 Å². The molecule has 2 heterocycles. The van der Waals surface area contributed by atoms with E-state index in [9.17, 15) is 0 Å². The van der Waals surface area contributed by atoms with Gasteiger partial charge in [-0.05, 0) is 0 Å². The van der Waals surface area contributed by atoms with E-state index < -0.39 is 0 Å². The van der Waals surface area contributed by atoms with Gasteiger partial charge in [0.25, 0.3) is 0 Å². The first-order chi connectivity index (χ1) is 12.3. The molecule has 0 spiro atoms. The van der Waals surface area contributed by atoms with Crippen molar-refractivity contribution in [3.05, 3.63) is 84.1 Å². The van der Waals surface area contributed by atoms with Gasteiger partial charge in [0.1, 0.15) is 0 Å². The number of hydrogen-bond acceptors (Lipinski definition) is 3. The molecule has 25 heavy (non-hydrogen) atoms. The van der Waals surface area contributed by atoms with Crippen LogP contribution in [-0.4, -0.2) is 34.9 Å². The van der Waals surface area contributed by atoms with Gasteiger partial charge in [0, 0.05) is 0 Å². The molecule has 0 aliphatic carbocycles. The molecule has 0 aliphatic rings. The summed E-state index contributed by atoms with van der Waals surface area (Å²) in [5.41, 5.74) is 2.84. The van der Waals surface area contributed by atoms with Crippen LogP contribution in [0.2, 0.25) is 5.02 Å². The van der Waals surface area contributed by atoms with Gasteiger partial charge in [-0.15, -0.1) is 0 Å². The molecule has 0 aliphatic heterocycles. The normalized spacial score (nSPS) is 10.8. The van der Waals surface area contributed by atoms with Crippen LogP contribution >= 0.6 is 11.6 Å². The van der Waals surface area contributed by atoms with Crippen molar-refractivity contribution in [2.45, 2.75) is 0 Å². The predicted molar refractivity (Wildman–Crippen MR) is 101 cm³/mol. The summed E-state index contributed by atoms with van der Waals surface area (Å²) < 4.78 is 4.00. The zero-order valence-corrected chi connectivity index (χ0v) is 15.5. The molecule has 4 nitrogen and oxygen atoms in total. The Balaban J connectivity index is 1.67. The molecule has 0 saturated carbocycles. The number of benzene rings is 2. The molecule has 2 aromatic carbocycles.